The van der Waals surface area contributed by atoms with Crippen LogP contribution in [0.15, 0.2) is 42.5 Å². The third-order valence-electron chi connectivity index (χ3n) is 6.36. The zero-order chi connectivity index (χ0) is 21.8. The van der Waals surface area contributed by atoms with Crippen molar-refractivity contribution < 1.29 is 20.8 Å². The first kappa shape index (κ1) is 19.9. The summed E-state index contributed by atoms with van der Waals surface area (Å²) >= 11 is 0. The topological polar surface area (TPSA) is 72.7 Å². The molecule has 1 aliphatic carbocycles. The Morgan fingerprint density at radius 1 is 1.13 bits per heavy atom. The Labute approximate surface area is 183 Å². The van der Waals surface area contributed by atoms with E-state index in [1.807, 2.05) is 36.4 Å². The van der Waals surface area contributed by atoms with Crippen LogP contribution in [-0.2, 0) is 22.2 Å². The maximum atomic E-state index is 13.2. The molecule has 0 atom stereocenters. The number of ether oxygens (including phenoxy) is 2. The average molecular weight is 423 g/mol. The fourth-order valence-electron chi connectivity index (χ4n) is 4.53. The molecule has 1 aliphatic heterocycles. The number of nitrogens with zero attached hydrogens (tertiary/aromatic N) is 1. The highest BCUT2D eigenvalue weighted by atomic mass is 16.7. The molecule has 1 aromatic heterocycles. The summed E-state index contributed by atoms with van der Waals surface area (Å²) in [5.74, 6) is 1.45. The van der Waals surface area contributed by atoms with Gasteiger partial charge in [0.2, 0.25) is 12.7 Å². The van der Waals surface area contributed by atoms with E-state index in [1.165, 1.54) is 5.69 Å². The number of carbonyl (C=O) groups is 1. The molecule has 2 aromatic carbocycles. The SMILES string of the molecule is CC(C)(C)c1cc2cc(NC(=O)C3(c4ccc5c(c4)OCO5)CC3)ccc2n1CCO.[HH]. The van der Waals surface area contributed by atoms with Crippen LogP contribution in [0.1, 0.15) is 46.3 Å². The van der Waals surface area contributed by atoms with Crippen LogP contribution >= 0.6 is 0 Å². The van der Waals surface area contributed by atoms with E-state index in [4.69, 9.17) is 9.47 Å². The monoisotopic (exact) mass is 422 g/mol. The molecular weight excluding hydrogens is 392 g/mol. The zero-order valence-corrected chi connectivity index (χ0v) is 18.2. The van der Waals surface area contributed by atoms with Crippen LogP contribution in [0.3, 0.4) is 0 Å². The number of carbonyl (C=O) groups excluding carboxylic acids is 1. The largest absolute Gasteiger partial charge is 0.454 e. The van der Waals surface area contributed by atoms with Crippen LogP contribution in [0.5, 0.6) is 11.5 Å². The molecule has 2 heterocycles. The number of anilines is 1. The molecule has 1 amide bonds. The van der Waals surface area contributed by atoms with Crippen LogP contribution in [0.2, 0.25) is 0 Å². The standard InChI is InChI=1S/C25H28N2O4.H2/c1-24(2,3)22-13-16-12-18(5-6-19(16)27(22)10-11-28)26-23(29)25(8-9-25)17-4-7-20-21(14-17)31-15-30-20;/h4-7,12-14,28H,8-11,15H2,1-3H3,(H,26,29);1H. The van der Waals surface area contributed by atoms with Crippen LogP contribution in [0.4, 0.5) is 5.69 Å². The molecule has 164 valence electrons. The third-order valence-corrected chi connectivity index (χ3v) is 6.36. The van der Waals surface area contributed by atoms with Gasteiger partial charge in [0.25, 0.3) is 0 Å². The molecule has 2 aliphatic rings. The van der Waals surface area contributed by atoms with Crippen molar-refractivity contribution in [1.29, 1.82) is 0 Å². The lowest BCUT2D eigenvalue weighted by molar-refractivity contribution is -0.118. The van der Waals surface area contributed by atoms with Gasteiger partial charge >= 0.3 is 0 Å². The third kappa shape index (κ3) is 3.35. The normalized spacial score (nSPS) is 16.5. The van der Waals surface area contributed by atoms with E-state index < -0.39 is 5.41 Å². The molecular formula is C25H30N2O4. The van der Waals surface area contributed by atoms with Gasteiger partial charge in [-0.15, -0.1) is 0 Å². The first-order chi connectivity index (χ1) is 14.8. The predicted molar refractivity (Wildman–Crippen MR) is 122 cm³/mol. The van der Waals surface area contributed by atoms with Crippen molar-refractivity contribution >= 4 is 22.5 Å². The van der Waals surface area contributed by atoms with E-state index in [0.29, 0.717) is 12.3 Å². The molecule has 1 saturated carbocycles. The molecule has 2 N–H and O–H groups in total. The summed E-state index contributed by atoms with van der Waals surface area (Å²) in [7, 11) is 0. The van der Waals surface area contributed by atoms with Gasteiger partial charge in [0, 0.05) is 35.7 Å². The summed E-state index contributed by atoms with van der Waals surface area (Å²) < 4.78 is 13.1. The van der Waals surface area contributed by atoms with Crippen molar-refractivity contribution in [2.75, 3.05) is 18.7 Å². The van der Waals surface area contributed by atoms with Gasteiger partial charge in [0.05, 0.1) is 12.0 Å². The minimum absolute atomic E-state index is 0. The van der Waals surface area contributed by atoms with Crippen LogP contribution < -0.4 is 14.8 Å². The molecule has 0 bridgehead atoms. The maximum Gasteiger partial charge on any atom is 0.235 e. The van der Waals surface area contributed by atoms with E-state index in [1.54, 1.807) is 0 Å². The number of aromatic nitrogens is 1. The van der Waals surface area contributed by atoms with Gasteiger partial charge in [0.1, 0.15) is 0 Å². The zero-order valence-electron chi connectivity index (χ0n) is 18.2. The molecule has 31 heavy (non-hydrogen) atoms. The highest BCUT2D eigenvalue weighted by molar-refractivity contribution is 6.02. The van der Waals surface area contributed by atoms with Gasteiger partial charge in [0.15, 0.2) is 11.5 Å². The lowest BCUT2D eigenvalue weighted by atomic mass is 9.92. The Morgan fingerprint density at radius 2 is 1.90 bits per heavy atom. The molecule has 3 aromatic rings. The molecule has 0 radical (unpaired) electrons. The van der Waals surface area contributed by atoms with Gasteiger partial charge in [-0.1, -0.05) is 26.8 Å². The second kappa shape index (κ2) is 7.02. The summed E-state index contributed by atoms with van der Waals surface area (Å²) in [6.07, 6.45) is 1.64. The smallest absolute Gasteiger partial charge is 0.235 e. The van der Waals surface area contributed by atoms with E-state index in [2.05, 4.69) is 36.7 Å². The van der Waals surface area contributed by atoms with Gasteiger partial charge in [-0.3, -0.25) is 4.79 Å². The number of nitrogens with one attached hydrogen (secondary N) is 1. The van der Waals surface area contributed by atoms with Crippen molar-refractivity contribution in [3.8, 4) is 11.5 Å². The van der Waals surface area contributed by atoms with E-state index in [0.717, 1.165) is 40.7 Å². The second-order valence-electron chi connectivity index (χ2n) is 9.53. The summed E-state index contributed by atoms with van der Waals surface area (Å²) in [6.45, 7) is 7.36. The Balaban J connectivity index is 0.00000245. The van der Waals surface area contributed by atoms with Crippen LogP contribution in [-0.4, -0.2) is 29.0 Å². The quantitative estimate of drug-likeness (QED) is 0.631. The first-order valence-corrected chi connectivity index (χ1v) is 10.8. The maximum absolute atomic E-state index is 13.2. The minimum Gasteiger partial charge on any atom is -0.454 e. The number of benzene rings is 2. The molecule has 6 heteroatoms. The van der Waals surface area contributed by atoms with Gasteiger partial charge in [-0.2, -0.15) is 0 Å². The summed E-state index contributed by atoms with van der Waals surface area (Å²) in [5.41, 5.74) is 3.43. The van der Waals surface area contributed by atoms with Crippen LogP contribution in [0.25, 0.3) is 10.9 Å². The number of fused-ring (bicyclic) bond motifs is 2. The van der Waals surface area contributed by atoms with E-state index >= 15 is 0 Å². The summed E-state index contributed by atoms with van der Waals surface area (Å²) in [6, 6.07) is 13.9. The number of hydrogen-bond acceptors (Lipinski definition) is 4. The number of amides is 1. The van der Waals surface area contributed by atoms with Crippen molar-refractivity contribution in [3.63, 3.8) is 0 Å². The Kier molecular flexibility index (Phi) is 4.52. The van der Waals surface area contributed by atoms with Crippen molar-refractivity contribution in [3.05, 3.63) is 53.7 Å². The molecule has 1 fully saturated rings. The summed E-state index contributed by atoms with van der Waals surface area (Å²) in [5, 5.41) is 13.7. The molecule has 5 rings (SSSR count). The lowest BCUT2D eigenvalue weighted by Crippen LogP contribution is -2.27. The van der Waals surface area contributed by atoms with Crippen LogP contribution in [0, 0.1) is 0 Å². The second-order valence-corrected chi connectivity index (χ2v) is 9.53. The number of aliphatic hydroxyl groups excluding tert-OH is 1. The minimum atomic E-state index is -0.505. The Bertz CT molecular complexity index is 1170. The molecule has 0 saturated heterocycles. The van der Waals surface area contributed by atoms with E-state index in [9.17, 15) is 9.90 Å². The van der Waals surface area contributed by atoms with E-state index in [-0.39, 0.29) is 26.1 Å². The fraction of sp³-hybridized carbons (Fsp3) is 0.400. The highest BCUT2D eigenvalue weighted by Crippen LogP contribution is 2.51. The van der Waals surface area contributed by atoms with Gasteiger partial charge < -0.3 is 24.5 Å². The van der Waals surface area contributed by atoms with Crippen molar-refractivity contribution in [2.24, 2.45) is 0 Å². The number of rotatable bonds is 5. The molecule has 6 nitrogen and oxygen atoms in total. The highest BCUT2D eigenvalue weighted by Gasteiger charge is 2.51. The van der Waals surface area contributed by atoms with Gasteiger partial charge in [-0.05, 0) is 54.8 Å². The fourth-order valence-corrected chi connectivity index (χ4v) is 4.53. The molecule has 0 unspecified atom stereocenters. The Hall–Kier alpha value is -2.99. The average Bonchev–Trinajstić information content (AvgIpc) is 3.27. The number of aliphatic hydroxyl groups is 1. The van der Waals surface area contributed by atoms with Crippen molar-refractivity contribution in [2.45, 2.75) is 51.0 Å². The predicted octanol–water partition coefficient (Wildman–Crippen LogP) is 4.58. The summed E-state index contributed by atoms with van der Waals surface area (Å²) in [4.78, 5) is 13.2. The van der Waals surface area contributed by atoms with Gasteiger partial charge in [-0.25, -0.2) is 0 Å². The number of hydrogen-bond donors (Lipinski definition) is 2. The molecule has 0 spiro atoms. The van der Waals surface area contributed by atoms with Crippen molar-refractivity contribution in [1.82, 2.24) is 4.57 Å². The Morgan fingerprint density at radius 3 is 2.61 bits per heavy atom. The first-order valence-electron chi connectivity index (χ1n) is 10.8. The lowest BCUT2D eigenvalue weighted by Gasteiger charge is -2.21.